The maximum Gasteiger partial charge on any atom is 0.310 e. The molecule has 0 aliphatic carbocycles. The van der Waals surface area contributed by atoms with Crippen molar-refractivity contribution in [2.75, 3.05) is 0 Å². The number of carbonyl (C=O) groups excluding carboxylic acids is 1. The molecule has 0 heterocycles. The number of ether oxygens (including phenoxy) is 1. The van der Waals surface area contributed by atoms with E-state index in [-0.39, 0.29) is 5.97 Å². The molecule has 134 valence electrons. The van der Waals surface area contributed by atoms with Crippen molar-refractivity contribution in [3.63, 3.8) is 0 Å². The van der Waals surface area contributed by atoms with Gasteiger partial charge in [0, 0.05) is 17.5 Å². The van der Waals surface area contributed by atoms with Gasteiger partial charge in [-0.25, -0.2) is 0 Å². The predicted octanol–water partition coefficient (Wildman–Crippen LogP) is 6.29. The highest BCUT2D eigenvalue weighted by molar-refractivity contribution is 5.84. The summed E-state index contributed by atoms with van der Waals surface area (Å²) in [6.07, 6.45) is 10.9. The molecule has 0 amide bonds. The van der Waals surface area contributed by atoms with Crippen molar-refractivity contribution in [3.05, 3.63) is 72.3 Å². The van der Waals surface area contributed by atoms with Crippen molar-refractivity contribution >= 4 is 11.5 Å². The number of allylic oxidation sites excluding steroid dienone is 4. The lowest BCUT2D eigenvalue weighted by atomic mass is 9.97. The molecule has 0 radical (unpaired) electrons. The molecule has 0 aliphatic rings. The highest BCUT2D eigenvalue weighted by Crippen LogP contribution is 2.36. The molecule has 2 aromatic carbocycles. The van der Waals surface area contributed by atoms with Gasteiger partial charge in [-0.05, 0) is 24.1 Å². The maximum absolute atomic E-state index is 11.9. The van der Waals surface area contributed by atoms with E-state index in [9.17, 15) is 4.79 Å². The highest BCUT2D eigenvalue weighted by Gasteiger charge is 2.15. The molecule has 0 aliphatic heterocycles. The Balaban J connectivity index is 0.00000163. The Morgan fingerprint density at radius 1 is 1.12 bits per heavy atom. The molecule has 0 spiro atoms. The standard InChI is InChI=1S/C22H20O2.C2H6/c1-4-6-8-12-17(3)19-15-11-16-20(18-13-9-7-10-14-18)22(19)24-21(23)5-2;1-2/h1,6-16H,5H2,2-3H3;1-2H3/b8-6-,17-12+;. The predicted molar refractivity (Wildman–Crippen MR) is 111 cm³/mol. The Bertz CT molecular complexity index is 806. The van der Waals surface area contributed by atoms with Crippen molar-refractivity contribution in [1.29, 1.82) is 0 Å². The van der Waals surface area contributed by atoms with Crippen molar-refractivity contribution in [3.8, 4) is 29.2 Å². The van der Waals surface area contributed by atoms with E-state index in [1.54, 1.807) is 19.1 Å². The summed E-state index contributed by atoms with van der Waals surface area (Å²) in [5.74, 6) is 2.78. The summed E-state index contributed by atoms with van der Waals surface area (Å²) in [6, 6.07) is 15.8. The van der Waals surface area contributed by atoms with E-state index in [0.717, 1.165) is 22.3 Å². The molecule has 0 unspecified atom stereocenters. The first-order valence-corrected chi connectivity index (χ1v) is 8.86. The average molecular weight is 346 g/mol. The first-order chi connectivity index (χ1) is 12.7. The topological polar surface area (TPSA) is 26.3 Å². The zero-order valence-electron chi connectivity index (χ0n) is 16.0. The van der Waals surface area contributed by atoms with Crippen LogP contribution >= 0.6 is 0 Å². The fourth-order valence-electron chi connectivity index (χ4n) is 2.33. The van der Waals surface area contributed by atoms with Gasteiger partial charge >= 0.3 is 5.97 Å². The van der Waals surface area contributed by atoms with Crippen LogP contribution in [0, 0.1) is 12.3 Å². The van der Waals surface area contributed by atoms with Crippen LogP contribution in [0.1, 0.15) is 39.7 Å². The summed E-state index contributed by atoms with van der Waals surface area (Å²) in [5, 5.41) is 0. The zero-order chi connectivity index (χ0) is 19.4. The van der Waals surface area contributed by atoms with Crippen LogP contribution in [0.15, 0.2) is 66.8 Å². The molecular weight excluding hydrogens is 320 g/mol. The van der Waals surface area contributed by atoms with Crippen molar-refractivity contribution in [1.82, 2.24) is 0 Å². The number of esters is 1. The summed E-state index contributed by atoms with van der Waals surface area (Å²) in [4.78, 5) is 11.9. The third-order valence-corrected chi connectivity index (χ3v) is 3.57. The summed E-state index contributed by atoms with van der Waals surface area (Å²) < 4.78 is 5.66. The lowest BCUT2D eigenvalue weighted by Gasteiger charge is -2.15. The van der Waals surface area contributed by atoms with Gasteiger partial charge < -0.3 is 4.74 Å². The van der Waals surface area contributed by atoms with Crippen molar-refractivity contribution in [2.24, 2.45) is 0 Å². The van der Waals surface area contributed by atoms with Gasteiger partial charge in [0.2, 0.25) is 0 Å². The molecule has 0 saturated heterocycles. The molecule has 0 saturated carbocycles. The second-order valence-corrected chi connectivity index (χ2v) is 5.25. The lowest BCUT2D eigenvalue weighted by Crippen LogP contribution is -2.08. The van der Waals surface area contributed by atoms with E-state index < -0.39 is 0 Å². The Morgan fingerprint density at radius 2 is 1.81 bits per heavy atom. The number of rotatable bonds is 5. The SMILES string of the molecule is C#C/C=C\C=C(/C)c1cccc(-c2ccccc2)c1OC(=O)CC.CC. The smallest absolute Gasteiger partial charge is 0.310 e. The van der Waals surface area contributed by atoms with Crippen LogP contribution in [0.3, 0.4) is 0 Å². The van der Waals surface area contributed by atoms with E-state index in [2.05, 4.69) is 5.92 Å². The monoisotopic (exact) mass is 346 g/mol. The largest absolute Gasteiger partial charge is 0.425 e. The van der Waals surface area contributed by atoms with Gasteiger partial charge in [-0.3, -0.25) is 4.79 Å². The normalized spacial score (nSPS) is 10.7. The van der Waals surface area contributed by atoms with Gasteiger partial charge in [-0.2, -0.15) is 0 Å². The number of hydrogen-bond acceptors (Lipinski definition) is 2. The fourth-order valence-corrected chi connectivity index (χ4v) is 2.33. The Labute approximate surface area is 157 Å². The molecule has 0 fully saturated rings. The Morgan fingerprint density at radius 3 is 2.42 bits per heavy atom. The summed E-state index contributed by atoms with van der Waals surface area (Å²) in [6.45, 7) is 7.75. The van der Waals surface area contributed by atoms with Crippen LogP contribution in [-0.4, -0.2) is 5.97 Å². The van der Waals surface area contributed by atoms with Gasteiger partial charge in [0.05, 0.1) is 0 Å². The van der Waals surface area contributed by atoms with E-state index in [4.69, 9.17) is 11.2 Å². The van der Waals surface area contributed by atoms with Gasteiger partial charge in [-0.15, -0.1) is 6.42 Å². The number of hydrogen-bond donors (Lipinski definition) is 0. The number of carbonyl (C=O) groups is 1. The van der Waals surface area contributed by atoms with Gasteiger partial charge in [-0.1, -0.05) is 87.4 Å². The van der Waals surface area contributed by atoms with E-state index in [1.807, 2.05) is 75.4 Å². The minimum Gasteiger partial charge on any atom is -0.425 e. The lowest BCUT2D eigenvalue weighted by molar-refractivity contribution is -0.133. The number of benzene rings is 2. The fraction of sp³-hybridized carbons (Fsp3) is 0.208. The molecule has 26 heavy (non-hydrogen) atoms. The first kappa shape index (κ1) is 21.0. The van der Waals surface area contributed by atoms with Crippen molar-refractivity contribution < 1.29 is 9.53 Å². The van der Waals surface area contributed by atoms with Crippen LogP contribution < -0.4 is 4.74 Å². The quantitative estimate of drug-likeness (QED) is 0.275. The molecule has 0 atom stereocenters. The van der Waals surface area contributed by atoms with Crippen LogP contribution in [0.4, 0.5) is 0 Å². The number of terminal acetylenes is 1. The molecular formula is C24H26O2. The molecule has 2 heteroatoms. The van der Waals surface area contributed by atoms with E-state index in [1.165, 1.54) is 0 Å². The molecule has 0 N–H and O–H groups in total. The van der Waals surface area contributed by atoms with Crippen LogP contribution in [0.5, 0.6) is 5.75 Å². The highest BCUT2D eigenvalue weighted by atomic mass is 16.5. The van der Waals surface area contributed by atoms with Gasteiger partial charge in [0.25, 0.3) is 0 Å². The average Bonchev–Trinajstić information content (AvgIpc) is 2.70. The Kier molecular flexibility index (Phi) is 9.28. The summed E-state index contributed by atoms with van der Waals surface area (Å²) in [5.41, 5.74) is 3.74. The molecule has 2 aromatic rings. The molecule has 0 bridgehead atoms. The van der Waals surface area contributed by atoms with Gasteiger partial charge in [0.15, 0.2) is 0 Å². The van der Waals surface area contributed by atoms with Crippen LogP contribution in [0.25, 0.3) is 16.7 Å². The summed E-state index contributed by atoms with van der Waals surface area (Å²) >= 11 is 0. The Hall–Kier alpha value is -3.05. The number of para-hydroxylation sites is 1. The molecule has 2 rings (SSSR count). The first-order valence-electron chi connectivity index (χ1n) is 8.86. The third kappa shape index (κ3) is 5.79. The van der Waals surface area contributed by atoms with E-state index in [0.29, 0.717) is 12.2 Å². The second kappa shape index (κ2) is 11.5. The van der Waals surface area contributed by atoms with E-state index >= 15 is 0 Å². The molecule has 2 nitrogen and oxygen atoms in total. The second-order valence-electron chi connectivity index (χ2n) is 5.25. The molecule has 0 aromatic heterocycles. The van der Waals surface area contributed by atoms with Crippen LogP contribution in [0.2, 0.25) is 0 Å². The third-order valence-electron chi connectivity index (χ3n) is 3.57. The van der Waals surface area contributed by atoms with Crippen LogP contribution in [-0.2, 0) is 4.79 Å². The minimum absolute atomic E-state index is 0.258. The minimum atomic E-state index is -0.258. The zero-order valence-corrected chi connectivity index (χ0v) is 16.0. The van der Waals surface area contributed by atoms with Gasteiger partial charge in [0.1, 0.15) is 5.75 Å². The summed E-state index contributed by atoms with van der Waals surface area (Å²) in [7, 11) is 0. The maximum atomic E-state index is 11.9. The van der Waals surface area contributed by atoms with Crippen molar-refractivity contribution in [2.45, 2.75) is 34.1 Å².